The molecule has 0 aromatic carbocycles. The van der Waals surface area contributed by atoms with E-state index in [1.54, 1.807) is 0 Å². The summed E-state index contributed by atoms with van der Waals surface area (Å²) < 4.78 is 0. The van der Waals surface area contributed by atoms with Crippen molar-refractivity contribution in [3.05, 3.63) is 30.1 Å². The van der Waals surface area contributed by atoms with Gasteiger partial charge in [0, 0.05) is 23.9 Å². The van der Waals surface area contributed by atoms with E-state index in [-0.39, 0.29) is 0 Å². The summed E-state index contributed by atoms with van der Waals surface area (Å²) in [7, 11) is 0. The lowest BCUT2D eigenvalue weighted by molar-refractivity contribution is 0.359. The van der Waals surface area contributed by atoms with Gasteiger partial charge >= 0.3 is 0 Å². The van der Waals surface area contributed by atoms with Gasteiger partial charge in [-0.2, -0.15) is 0 Å². The van der Waals surface area contributed by atoms with Crippen molar-refractivity contribution in [3.8, 4) is 0 Å². The number of hydrogen-bond acceptors (Lipinski definition) is 2. The summed E-state index contributed by atoms with van der Waals surface area (Å²) in [5.74, 6) is 1.25. The van der Waals surface area contributed by atoms with Gasteiger partial charge in [-0.1, -0.05) is 40.2 Å². The summed E-state index contributed by atoms with van der Waals surface area (Å²) in [5.41, 5.74) is 1.20. The summed E-state index contributed by atoms with van der Waals surface area (Å²) in [6.45, 7) is 10.1. The molecule has 0 spiro atoms. The van der Waals surface area contributed by atoms with E-state index in [1.807, 2.05) is 12.3 Å². The smallest absolute Gasteiger partial charge is 0.0447 e. The van der Waals surface area contributed by atoms with E-state index in [0.717, 1.165) is 12.5 Å². The zero-order chi connectivity index (χ0) is 12.7. The number of nitrogens with zero attached hydrogens (tertiary/aromatic N) is 1. The Morgan fingerprint density at radius 3 is 2.53 bits per heavy atom. The lowest BCUT2D eigenvalue weighted by Gasteiger charge is -2.27. The third kappa shape index (κ3) is 4.47. The zero-order valence-electron chi connectivity index (χ0n) is 11.6. The van der Waals surface area contributed by atoms with Gasteiger partial charge in [0.05, 0.1) is 0 Å². The molecule has 0 aliphatic rings. The Kier molecular flexibility index (Phi) is 6.20. The third-order valence-electron chi connectivity index (χ3n) is 3.58. The maximum atomic E-state index is 4.47. The highest BCUT2D eigenvalue weighted by Crippen LogP contribution is 2.23. The van der Waals surface area contributed by atoms with Crippen LogP contribution in [0.1, 0.15) is 52.1 Å². The van der Waals surface area contributed by atoms with E-state index >= 15 is 0 Å². The lowest BCUT2D eigenvalue weighted by atomic mass is 9.89. The summed E-state index contributed by atoms with van der Waals surface area (Å²) in [4.78, 5) is 4.47. The fourth-order valence-electron chi connectivity index (χ4n) is 2.18. The first-order chi connectivity index (χ1) is 8.19. The molecule has 2 nitrogen and oxygen atoms in total. The Balaban J connectivity index is 2.69. The zero-order valence-corrected chi connectivity index (χ0v) is 11.6. The van der Waals surface area contributed by atoms with Gasteiger partial charge in [0.1, 0.15) is 0 Å². The molecule has 0 aliphatic carbocycles. The molecular weight excluding hydrogens is 208 g/mol. The van der Waals surface area contributed by atoms with Crippen LogP contribution in [-0.2, 0) is 0 Å². The highest BCUT2D eigenvalue weighted by molar-refractivity contribution is 5.11. The molecule has 1 heterocycles. The molecular formula is C15H26N2. The fraction of sp³-hybridized carbons (Fsp3) is 0.667. The van der Waals surface area contributed by atoms with E-state index in [9.17, 15) is 0 Å². The average Bonchev–Trinajstić information content (AvgIpc) is 2.38. The number of likely N-dealkylation sites (N-methyl/N-ethyl adjacent to an activating group) is 1. The standard InChI is InChI=1S/C15H26N2/c1-5-12(3)11-15(16-6-2)13(4)14-9-7-8-10-17-14/h7-10,12-13,15-16H,5-6,11H2,1-4H3. The SMILES string of the molecule is CCNC(CC(C)CC)C(C)c1ccccn1. The first-order valence-corrected chi connectivity index (χ1v) is 6.83. The maximum Gasteiger partial charge on any atom is 0.0447 e. The van der Waals surface area contributed by atoms with Crippen LogP contribution in [0.4, 0.5) is 0 Å². The summed E-state index contributed by atoms with van der Waals surface area (Å²) >= 11 is 0. The van der Waals surface area contributed by atoms with Crippen molar-refractivity contribution in [2.45, 2.75) is 52.5 Å². The molecule has 1 aromatic heterocycles. The van der Waals surface area contributed by atoms with Gasteiger partial charge < -0.3 is 5.32 Å². The molecule has 1 aromatic rings. The van der Waals surface area contributed by atoms with Crippen LogP contribution in [0.2, 0.25) is 0 Å². The molecule has 96 valence electrons. The minimum absolute atomic E-state index is 0.477. The van der Waals surface area contributed by atoms with Crippen LogP contribution >= 0.6 is 0 Å². The van der Waals surface area contributed by atoms with E-state index in [0.29, 0.717) is 12.0 Å². The van der Waals surface area contributed by atoms with Crippen molar-refractivity contribution in [1.82, 2.24) is 10.3 Å². The number of hydrogen-bond donors (Lipinski definition) is 1. The average molecular weight is 234 g/mol. The highest BCUT2D eigenvalue weighted by atomic mass is 14.9. The maximum absolute atomic E-state index is 4.47. The predicted molar refractivity (Wildman–Crippen MR) is 74.2 cm³/mol. The summed E-state index contributed by atoms with van der Waals surface area (Å²) in [6, 6.07) is 6.72. The Bertz CT molecular complexity index is 297. The molecule has 3 unspecified atom stereocenters. The normalized spacial score (nSPS) is 16.5. The van der Waals surface area contributed by atoms with Crippen LogP contribution in [-0.4, -0.2) is 17.6 Å². The molecule has 0 amide bonds. The fourth-order valence-corrected chi connectivity index (χ4v) is 2.18. The van der Waals surface area contributed by atoms with Crippen molar-refractivity contribution < 1.29 is 0 Å². The van der Waals surface area contributed by atoms with Gasteiger partial charge in [-0.25, -0.2) is 0 Å². The van der Waals surface area contributed by atoms with Crippen LogP contribution < -0.4 is 5.32 Å². The second kappa shape index (κ2) is 7.44. The molecule has 0 fully saturated rings. The molecule has 1 N–H and O–H groups in total. The predicted octanol–water partition coefficient (Wildman–Crippen LogP) is 3.60. The second-order valence-corrected chi connectivity index (χ2v) is 4.96. The summed E-state index contributed by atoms with van der Waals surface area (Å²) in [6.07, 6.45) is 4.36. The molecule has 0 aliphatic heterocycles. The Labute approximate surface area is 106 Å². The van der Waals surface area contributed by atoms with Crippen LogP contribution in [0.3, 0.4) is 0 Å². The van der Waals surface area contributed by atoms with Gasteiger partial charge in [0.2, 0.25) is 0 Å². The van der Waals surface area contributed by atoms with Gasteiger partial charge in [-0.05, 0) is 31.0 Å². The molecule has 0 bridgehead atoms. The minimum Gasteiger partial charge on any atom is -0.314 e. The molecule has 2 heteroatoms. The molecule has 0 saturated carbocycles. The number of pyridine rings is 1. The molecule has 0 radical (unpaired) electrons. The van der Waals surface area contributed by atoms with E-state index in [2.05, 4.69) is 50.1 Å². The Hall–Kier alpha value is -0.890. The van der Waals surface area contributed by atoms with Gasteiger partial charge in [0.25, 0.3) is 0 Å². The third-order valence-corrected chi connectivity index (χ3v) is 3.58. The minimum atomic E-state index is 0.477. The molecule has 1 rings (SSSR count). The van der Waals surface area contributed by atoms with Crippen molar-refractivity contribution in [2.24, 2.45) is 5.92 Å². The highest BCUT2D eigenvalue weighted by Gasteiger charge is 2.20. The topological polar surface area (TPSA) is 24.9 Å². The van der Waals surface area contributed by atoms with Crippen LogP contribution in [0.15, 0.2) is 24.4 Å². The quantitative estimate of drug-likeness (QED) is 0.779. The van der Waals surface area contributed by atoms with Crippen molar-refractivity contribution in [1.29, 1.82) is 0 Å². The van der Waals surface area contributed by atoms with E-state index in [4.69, 9.17) is 0 Å². The van der Waals surface area contributed by atoms with Crippen molar-refractivity contribution in [3.63, 3.8) is 0 Å². The monoisotopic (exact) mass is 234 g/mol. The summed E-state index contributed by atoms with van der Waals surface area (Å²) in [5, 5.41) is 3.61. The van der Waals surface area contributed by atoms with Crippen molar-refractivity contribution >= 4 is 0 Å². The van der Waals surface area contributed by atoms with Crippen LogP contribution in [0.5, 0.6) is 0 Å². The number of rotatable bonds is 7. The van der Waals surface area contributed by atoms with E-state index in [1.165, 1.54) is 18.5 Å². The largest absolute Gasteiger partial charge is 0.314 e. The Morgan fingerprint density at radius 2 is 2.00 bits per heavy atom. The van der Waals surface area contributed by atoms with Crippen molar-refractivity contribution in [2.75, 3.05) is 6.54 Å². The molecule has 3 atom stereocenters. The Morgan fingerprint density at radius 1 is 1.24 bits per heavy atom. The van der Waals surface area contributed by atoms with E-state index < -0.39 is 0 Å². The van der Waals surface area contributed by atoms with Gasteiger partial charge in [-0.15, -0.1) is 0 Å². The lowest BCUT2D eigenvalue weighted by Crippen LogP contribution is -2.35. The number of aromatic nitrogens is 1. The molecule has 17 heavy (non-hydrogen) atoms. The first-order valence-electron chi connectivity index (χ1n) is 6.83. The van der Waals surface area contributed by atoms with Crippen LogP contribution in [0, 0.1) is 5.92 Å². The number of nitrogens with one attached hydrogen (secondary N) is 1. The second-order valence-electron chi connectivity index (χ2n) is 4.96. The first kappa shape index (κ1) is 14.2. The van der Waals surface area contributed by atoms with Gasteiger partial charge in [-0.3, -0.25) is 4.98 Å². The molecule has 0 saturated heterocycles. The van der Waals surface area contributed by atoms with Crippen LogP contribution in [0.25, 0.3) is 0 Å². The van der Waals surface area contributed by atoms with Gasteiger partial charge in [0.15, 0.2) is 0 Å².